The van der Waals surface area contributed by atoms with Gasteiger partial charge in [-0.05, 0) is 17.9 Å². The summed E-state index contributed by atoms with van der Waals surface area (Å²) in [5, 5.41) is 13.4. The Balaban J connectivity index is 2.22. The van der Waals surface area contributed by atoms with Crippen LogP contribution in [0.25, 0.3) is 0 Å². The van der Waals surface area contributed by atoms with Crippen molar-refractivity contribution >= 4 is 23.2 Å². The standard InChI is InChI=1S/C15H18N2O3S/c1-2-12-14(19)16-7-8-17(12)15(20)13-11(6-10-21-13)5-3-4-9-18/h6,10,12,18H,2,4,7-9H2,1H3,(H,16,19). The minimum Gasteiger partial charge on any atom is -0.395 e. The number of aliphatic hydroxyl groups excluding tert-OH is 1. The SMILES string of the molecule is CCC1C(=O)NCCN1C(=O)c1sccc1C#CCCO. The summed E-state index contributed by atoms with van der Waals surface area (Å²) in [5.74, 6) is 5.50. The normalized spacial score (nSPS) is 17.9. The molecule has 0 saturated carbocycles. The highest BCUT2D eigenvalue weighted by Gasteiger charge is 2.33. The van der Waals surface area contributed by atoms with E-state index in [9.17, 15) is 9.59 Å². The number of aliphatic hydroxyl groups is 1. The van der Waals surface area contributed by atoms with Gasteiger partial charge in [0, 0.05) is 25.1 Å². The van der Waals surface area contributed by atoms with Gasteiger partial charge in [-0.1, -0.05) is 18.8 Å². The van der Waals surface area contributed by atoms with Crippen LogP contribution in [-0.4, -0.2) is 47.6 Å². The molecular formula is C15H18N2O3S. The zero-order valence-electron chi connectivity index (χ0n) is 11.9. The molecule has 0 bridgehead atoms. The first-order chi connectivity index (χ1) is 10.2. The van der Waals surface area contributed by atoms with Gasteiger partial charge >= 0.3 is 0 Å². The Bertz CT molecular complexity index is 585. The van der Waals surface area contributed by atoms with Crippen LogP contribution in [-0.2, 0) is 4.79 Å². The lowest BCUT2D eigenvalue weighted by Crippen LogP contribution is -2.56. The molecule has 2 rings (SSSR count). The number of nitrogens with one attached hydrogen (secondary N) is 1. The van der Waals surface area contributed by atoms with E-state index in [1.54, 1.807) is 11.0 Å². The van der Waals surface area contributed by atoms with Gasteiger partial charge in [0.2, 0.25) is 5.91 Å². The number of amides is 2. The fourth-order valence-corrected chi connectivity index (χ4v) is 3.09. The number of hydrogen-bond acceptors (Lipinski definition) is 4. The molecule has 1 unspecified atom stereocenters. The molecule has 1 aliphatic rings. The van der Waals surface area contributed by atoms with E-state index in [2.05, 4.69) is 17.2 Å². The Labute approximate surface area is 128 Å². The van der Waals surface area contributed by atoms with Gasteiger partial charge < -0.3 is 15.3 Å². The maximum absolute atomic E-state index is 12.7. The van der Waals surface area contributed by atoms with Crippen LogP contribution in [0, 0.1) is 11.8 Å². The van der Waals surface area contributed by atoms with E-state index in [0.29, 0.717) is 36.4 Å². The molecule has 2 heterocycles. The average molecular weight is 306 g/mol. The van der Waals surface area contributed by atoms with E-state index < -0.39 is 6.04 Å². The summed E-state index contributed by atoms with van der Waals surface area (Å²) in [4.78, 5) is 26.7. The van der Waals surface area contributed by atoms with Crippen molar-refractivity contribution < 1.29 is 14.7 Å². The third kappa shape index (κ3) is 3.43. The third-order valence-electron chi connectivity index (χ3n) is 3.30. The van der Waals surface area contributed by atoms with Crippen LogP contribution in [0.15, 0.2) is 11.4 Å². The summed E-state index contributed by atoms with van der Waals surface area (Å²) in [6.45, 7) is 2.90. The molecule has 1 saturated heterocycles. The molecule has 5 nitrogen and oxygen atoms in total. The second-order valence-electron chi connectivity index (χ2n) is 4.65. The van der Waals surface area contributed by atoms with Crippen molar-refractivity contribution in [3.8, 4) is 11.8 Å². The first kappa shape index (κ1) is 15.5. The molecule has 6 heteroatoms. The van der Waals surface area contributed by atoms with Crippen LogP contribution in [0.2, 0.25) is 0 Å². The van der Waals surface area contributed by atoms with Gasteiger partial charge in [0.15, 0.2) is 0 Å². The van der Waals surface area contributed by atoms with Crippen molar-refractivity contribution in [3.63, 3.8) is 0 Å². The van der Waals surface area contributed by atoms with E-state index in [1.165, 1.54) is 11.3 Å². The van der Waals surface area contributed by atoms with Gasteiger partial charge in [-0.3, -0.25) is 9.59 Å². The van der Waals surface area contributed by atoms with Gasteiger partial charge in [-0.25, -0.2) is 0 Å². The Morgan fingerprint density at radius 1 is 1.62 bits per heavy atom. The molecule has 0 aliphatic carbocycles. The zero-order chi connectivity index (χ0) is 15.2. The Kier molecular flexibility index (Phi) is 5.37. The zero-order valence-corrected chi connectivity index (χ0v) is 12.7. The summed E-state index contributed by atoms with van der Waals surface area (Å²) in [7, 11) is 0. The van der Waals surface area contributed by atoms with Crippen LogP contribution >= 0.6 is 11.3 Å². The summed E-state index contributed by atoms with van der Waals surface area (Å²) in [6, 6.07) is 1.39. The largest absolute Gasteiger partial charge is 0.395 e. The monoisotopic (exact) mass is 306 g/mol. The summed E-state index contributed by atoms with van der Waals surface area (Å²) >= 11 is 1.34. The second kappa shape index (κ2) is 7.25. The third-order valence-corrected chi connectivity index (χ3v) is 4.20. The molecule has 0 radical (unpaired) electrons. The molecule has 1 aromatic rings. The van der Waals surface area contributed by atoms with Crippen molar-refractivity contribution in [1.29, 1.82) is 0 Å². The molecule has 2 amide bonds. The van der Waals surface area contributed by atoms with Gasteiger partial charge in [0.25, 0.3) is 5.91 Å². The van der Waals surface area contributed by atoms with Crippen LogP contribution < -0.4 is 5.32 Å². The first-order valence-electron chi connectivity index (χ1n) is 6.95. The Morgan fingerprint density at radius 2 is 2.43 bits per heavy atom. The number of carbonyl (C=O) groups is 2. The van der Waals surface area contributed by atoms with E-state index in [0.717, 1.165) is 0 Å². The molecule has 1 atom stereocenters. The van der Waals surface area contributed by atoms with Gasteiger partial charge in [-0.15, -0.1) is 11.3 Å². The van der Waals surface area contributed by atoms with Crippen LogP contribution in [0.1, 0.15) is 35.0 Å². The maximum atomic E-state index is 12.7. The maximum Gasteiger partial charge on any atom is 0.265 e. The lowest BCUT2D eigenvalue weighted by molar-refractivity contribution is -0.127. The van der Waals surface area contributed by atoms with Gasteiger partial charge in [0.1, 0.15) is 10.9 Å². The summed E-state index contributed by atoms with van der Waals surface area (Å²) in [5.41, 5.74) is 0.666. The van der Waals surface area contributed by atoms with Crippen LogP contribution in [0.3, 0.4) is 0 Å². The van der Waals surface area contributed by atoms with Crippen molar-refractivity contribution in [2.24, 2.45) is 0 Å². The second-order valence-corrected chi connectivity index (χ2v) is 5.57. The van der Waals surface area contributed by atoms with E-state index in [-0.39, 0.29) is 18.4 Å². The minimum atomic E-state index is -0.411. The number of thiophene rings is 1. The predicted molar refractivity (Wildman–Crippen MR) is 81.0 cm³/mol. The molecule has 2 N–H and O–H groups in total. The highest BCUT2D eigenvalue weighted by Crippen LogP contribution is 2.21. The molecule has 1 aromatic heterocycles. The van der Waals surface area contributed by atoms with Crippen LogP contribution in [0.4, 0.5) is 0 Å². The first-order valence-corrected chi connectivity index (χ1v) is 7.83. The average Bonchev–Trinajstić information content (AvgIpc) is 2.95. The lowest BCUT2D eigenvalue weighted by Gasteiger charge is -2.34. The highest BCUT2D eigenvalue weighted by atomic mass is 32.1. The summed E-state index contributed by atoms with van der Waals surface area (Å²) < 4.78 is 0. The molecule has 0 aromatic carbocycles. The lowest BCUT2D eigenvalue weighted by atomic mass is 10.1. The highest BCUT2D eigenvalue weighted by molar-refractivity contribution is 7.12. The molecule has 1 fully saturated rings. The van der Waals surface area contributed by atoms with Crippen molar-refractivity contribution in [2.75, 3.05) is 19.7 Å². The smallest absolute Gasteiger partial charge is 0.265 e. The van der Waals surface area contributed by atoms with Gasteiger partial charge in [0.05, 0.1) is 6.61 Å². The van der Waals surface area contributed by atoms with Crippen molar-refractivity contribution in [3.05, 3.63) is 21.9 Å². The predicted octanol–water partition coefficient (Wildman–Crippen LogP) is 0.833. The fraction of sp³-hybridized carbons (Fsp3) is 0.467. The Hall–Kier alpha value is -1.84. The van der Waals surface area contributed by atoms with Gasteiger partial charge in [-0.2, -0.15) is 0 Å². The number of hydrogen-bond donors (Lipinski definition) is 2. The Morgan fingerprint density at radius 3 is 3.14 bits per heavy atom. The topological polar surface area (TPSA) is 69.6 Å². The fourth-order valence-electron chi connectivity index (χ4n) is 2.28. The minimum absolute atomic E-state index is 0.00459. The molecule has 21 heavy (non-hydrogen) atoms. The van der Waals surface area contributed by atoms with Crippen molar-refractivity contribution in [2.45, 2.75) is 25.8 Å². The van der Waals surface area contributed by atoms with Crippen LogP contribution in [0.5, 0.6) is 0 Å². The molecule has 112 valence electrons. The van der Waals surface area contributed by atoms with E-state index >= 15 is 0 Å². The number of nitrogens with zero attached hydrogens (tertiary/aromatic N) is 1. The molecule has 0 spiro atoms. The molecular weight excluding hydrogens is 288 g/mol. The van der Waals surface area contributed by atoms with E-state index in [4.69, 9.17) is 5.11 Å². The number of piperazine rings is 1. The number of carbonyl (C=O) groups excluding carboxylic acids is 2. The quantitative estimate of drug-likeness (QED) is 0.813. The number of rotatable bonds is 3. The molecule has 1 aliphatic heterocycles. The van der Waals surface area contributed by atoms with Crippen molar-refractivity contribution in [1.82, 2.24) is 10.2 Å². The summed E-state index contributed by atoms with van der Waals surface area (Å²) in [6.07, 6.45) is 0.974. The van der Waals surface area contributed by atoms with E-state index in [1.807, 2.05) is 12.3 Å².